The molecule has 2 bridgehead atoms. The predicted molar refractivity (Wildman–Crippen MR) is 72.3 cm³/mol. The van der Waals surface area contributed by atoms with Crippen molar-refractivity contribution in [3.05, 3.63) is 23.8 Å². The number of aromatic nitrogens is 1. The highest BCUT2D eigenvalue weighted by molar-refractivity contribution is 5.65. The van der Waals surface area contributed by atoms with E-state index in [0.29, 0.717) is 18.8 Å². The number of pyridine rings is 1. The Morgan fingerprint density at radius 2 is 2.10 bits per heavy atom. The molecule has 6 heteroatoms. The average Bonchev–Trinajstić information content (AvgIpc) is 2.62. The summed E-state index contributed by atoms with van der Waals surface area (Å²) in [5.74, 6) is 0.218. The highest BCUT2D eigenvalue weighted by Crippen LogP contribution is 2.39. The summed E-state index contributed by atoms with van der Waals surface area (Å²) in [7, 11) is 0. The van der Waals surface area contributed by atoms with E-state index in [0.717, 1.165) is 18.5 Å². The number of aryl methyl sites for hydroxylation is 1. The lowest BCUT2D eigenvalue weighted by Gasteiger charge is -2.39. The molecule has 3 atom stereocenters. The summed E-state index contributed by atoms with van der Waals surface area (Å²) >= 11 is 0. The number of rotatable bonds is 2. The Bertz CT molecular complexity index is 523. The molecule has 2 fully saturated rings. The third kappa shape index (κ3) is 2.30. The number of piperidine rings is 1. The van der Waals surface area contributed by atoms with Crippen LogP contribution in [-0.4, -0.2) is 35.3 Å². The van der Waals surface area contributed by atoms with Gasteiger partial charge in [-0.25, -0.2) is 9.18 Å². The minimum absolute atomic E-state index is 0.00902. The van der Waals surface area contributed by atoms with E-state index in [1.165, 1.54) is 6.20 Å². The second kappa shape index (κ2) is 4.92. The molecule has 1 saturated carbocycles. The number of halogens is 1. The summed E-state index contributed by atoms with van der Waals surface area (Å²) in [6.45, 7) is 3.24. The number of anilines is 1. The Hall–Kier alpha value is -1.85. The Labute approximate surface area is 116 Å². The Morgan fingerprint density at radius 3 is 2.70 bits per heavy atom. The normalized spacial score (nSPS) is 28.5. The molecule has 1 aromatic heterocycles. The minimum atomic E-state index is -0.966. The van der Waals surface area contributed by atoms with Crippen LogP contribution in [0.4, 0.5) is 14.9 Å². The van der Waals surface area contributed by atoms with E-state index in [4.69, 9.17) is 5.11 Å². The zero-order valence-electron chi connectivity index (χ0n) is 11.3. The number of amides is 1. The Balaban J connectivity index is 1.80. The predicted octanol–water partition coefficient (Wildman–Crippen LogP) is 2.01. The van der Waals surface area contributed by atoms with Crippen LogP contribution in [0.2, 0.25) is 0 Å². The van der Waals surface area contributed by atoms with Crippen LogP contribution in [-0.2, 0) is 0 Å². The van der Waals surface area contributed by atoms with Crippen LogP contribution in [0.5, 0.6) is 0 Å². The van der Waals surface area contributed by atoms with Gasteiger partial charge in [-0.15, -0.1) is 0 Å². The fourth-order valence-electron chi connectivity index (χ4n) is 3.57. The summed E-state index contributed by atoms with van der Waals surface area (Å²) in [6.07, 6.45) is 2.29. The first-order valence-corrected chi connectivity index (χ1v) is 6.91. The van der Waals surface area contributed by atoms with Crippen LogP contribution in [0.3, 0.4) is 0 Å². The Morgan fingerprint density at radius 1 is 1.45 bits per heavy atom. The maximum Gasteiger partial charge on any atom is 0.404 e. The number of carbonyl (C=O) groups is 1. The number of fused-ring (bicyclic) bond motifs is 2. The first kappa shape index (κ1) is 13.1. The zero-order chi connectivity index (χ0) is 14.3. The lowest BCUT2D eigenvalue weighted by molar-refractivity contribution is 0.178. The van der Waals surface area contributed by atoms with E-state index in [9.17, 15) is 9.18 Å². The third-order valence-corrected chi connectivity index (χ3v) is 4.44. The molecule has 20 heavy (non-hydrogen) atoms. The van der Waals surface area contributed by atoms with Crippen molar-refractivity contribution in [1.29, 1.82) is 0 Å². The standard InChI is InChI=1S/C14H18FN3O2/c1-8-4-12(11(15)5-16-8)18-6-9-2-3-10(7-18)13(9)17-14(19)20/h4-5,9-10,13,17H,2-3,6-7H2,1H3,(H,19,20)/t9-,10+,13-. The van der Waals surface area contributed by atoms with Gasteiger partial charge in [-0.1, -0.05) is 0 Å². The van der Waals surface area contributed by atoms with E-state index in [1.54, 1.807) is 6.07 Å². The number of nitrogens with one attached hydrogen (secondary N) is 1. The highest BCUT2D eigenvalue weighted by atomic mass is 19.1. The van der Waals surface area contributed by atoms with Gasteiger partial charge in [0.15, 0.2) is 5.82 Å². The van der Waals surface area contributed by atoms with Crippen molar-refractivity contribution >= 4 is 11.8 Å². The summed E-state index contributed by atoms with van der Waals surface area (Å²) in [4.78, 5) is 16.8. The van der Waals surface area contributed by atoms with Gasteiger partial charge in [0.1, 0.15) is 0 Å². The van der Waals surface area contributed by atoms with Crippen LogP contribution in [0.25, 0.3) is 0 Å². The molecule has 5 nitrogen and oxygen atoms in total. The van der Waals surface area contributed by atoms with Crippen molar-refractivity contribution in [2.45, 2.75) is 25.8 Å². The van der Waals surface area contributed by atoms with Gasteiger partial charge in [-0.3, -0.25) is 4.98 Å². The largest absolute Gasteiger partial charge is 0.465 e. The Kier molecular flexibility index (Phi) is 3.23. The molecule has 0 unspecified atom stereocenters. The smallest absolute Gasteiger partial charge is 0.404 e. The van der Waals surface area contributed by atoms with Crippen molar-refractivity contribution in [2.24, 2.45) is 11.8 Å². The molecule has 2 N–H and O–H groups in total. The van der Waals surface area contributed by atoms with Gasteiger partial charge >= 0.3 is 6.09 Å². The van der Waals surface area contributed by atoms with Gasteiger partial charge in [0.05, 0.1) is 11.9 Å². The molecular weight excluding hydrogens is 261 g/mol. The molecule has 1 saturated heterocycles. The van der Waals surface area contributed by atoms with Crippen LogP contribution < -0.4 is 10.2 Å². The molecule has 1 aliphatic carbocycles. The van der Waals surface area contributed by atoms with Crippen molar-refractivity contribution in [3.63, 3.8) is 0 Å². The molecule has 1 aliphatic heterocycles. The van der Waals surface area contributed by atoms with E-state index < -0.39 is 6.09 Å². The summed E-state index contributed by atoms with van der Waals surface area (Å²) < 4.78 is 13.9. The highest BCUT2D eigenvalue weighted by Gasteiger charge is 2.43. The van der Waals surface area contributed by atoms with Gasteiger partial charge in [-0.05, 0) is 37.7 Å². The molecule has 0 spiro atoms. The molecule has 1 amide bonds. The summed E-state index contributed by atoms with van der Waals surface area (Å²) in [6, 6.07) is 1.77. The monoisotopic (exact) mass is 279 g/mol. The van der Waals surface area contributed by atoms with Gasteiger partial charge in [0, 0.05) is 24.8 Å². The molecule has 2 heterocycles. The number of carboxylic acid groups (broad SMARTS) is 1. The number of hydrogen-bond donors (Lipinski definition) is 2. The van der Waals surface area contributed by atoms with Crippen LogP contribution in [0.1, 0.15) is 18.5 Å². The topological polar surface area (TPSA) is 65.5 Å². The second-order valence-electron chi connectivity index (χ2n) is 5.75. The molecular formula is C14H18FN3O2. The SMILES string of the molecule is Cc1cc(N2C[C@H]3CC[C@@H](C2)[C@@H]3NC(=O)O)c(F)cn1. The van der Waals surface area contributed by atoms with Crippen molar-refractivity contribution in [1.82, 2.24) is 10.3 Å². The molecule has 0 radical (unpaired) electrons. The second-order valence-corrected chi connectivity index (χ2v) is 5.75. The first-order chi connectivity index (χ1) is 9.54. The van der Waals surface area contributed by atoms with E-state index in [-0.39, 0.29) is 23.7 Å². The van der Waals surface area contributed by atoms with E-state index in [2.05, 4.69) is 10.3 Å². The lowest BCUT2D eigenvalue weighted by Crippen LogP contribution is -2.52. The average molecular weight is 279 g/mol. The van der Waals surface area contributed by atoms with Crippen LogP contribution in [0, 0.1) is 24.6 Å². The molecule has 3 rings (SSSR count). The fraction of sp³-hybridized carbons (Fsp3) is 0.571. The van der Waals surface area contributed by atoms with Crippen LogP contribution >= 0.6 is 0 Å². The maximum atomic E-state index is 13.9. The number of nitrogens with zero attached hydrogens (tertiary/aromatic N) is 2. The summed E-state index contributed by atoms with van der Waals surface area (Å²) in [5.41, 5.74) is 1.38. The lowest BCUT2D eigenvalue weighted by atomic mass is 9.92. The van der Waals surface area contributed by atoms with Crippen molar-refractivity contribution in [2.75, 3.05) is 18.0 Å². The number of hydrogen-bond acceptors (Lipinski definition) is 3. The van der Waals surface area contributed by atoms with E-state index in [1.807, 2.05) is 11.8 Å². The van der Waals surface area contributed by atoms with Crippen molar-refractivity contribution < 1.29 is 14.3 Å². The third-order valence-electron chi connectivity index (χ3n) is 4.44. The molecule has 2 aliphatic rings. The summed E-state index contributed by atoms with van der Waals surface area (Å²) in [5, 5.41) is 11.5. The van der Waals surface area contributed by atoms with E-state index >= 15 is 0 Å². The van der Waals surface area contributed by atoms with Gasteiger partial charge in [0.25, 0.3) is 0 Å². The van der Waals surface area contributed by atoms with Gasteiger partial charge < -0.3 is 15.3 Å². The quantitative estimate of drug-likeness (QED) is 0.869. The molecule has 0 aromatic carbocycles. The maximum absolute atomic E-state index is 13.9. The molecule has 108 valence electrons. The van der Waals surface area contributed by atoms with Gasteiger partial charge in [0.2, 0.25) is 0 Å². The van der Waals surface area contributed by atoms with Crippen molar-refractivity contribution in [3.8, 4) is 0 Å². The first-order valence-electron chi connectivity index (χ1n) is 6.91. The fourth-order valence-corrected chi connectivity index (χ4v) is 3.57. The van der Waals surface area contributed by atoms with Crippen LogP contribution in [0.15, 0.2) is 12.3 Å². The molecule has 1 aromatic rings. The minimum Gasteiger partial charge on any atom is -0.465 e. The zero-order valence-corrected chi connectivity index (χ0v) is 11.3. The van der Waals surface area contributed by atoms with Gasteiger partial charge in [-0.2, -0.15) is 0 Å².